The van der Waals surface area contributed by atoms with Gasteiger partial charge in [-0.15, -0.1) is 0 Å². The Morgan fingerprint density at radius 2 is 1.83 bits per heavy atom. The fourth-order valence-electron chi connectivity index (χ4n) is 2.85. The first kappa shape index (κ1) is 17.5. The van der Waals surface area contributed by atoms with Crippen molar-refractivity contribution in [3.63, 3.8) is 0 Å². The minimum absolute atomic E-state index is 0.0626. The summed E-state index contributed by atoms with van der Waals surface area (Å²) in [5, 5.41) is 0. The molecule has 4 nitrogen and oxygen atoms in total. The van der Waals surface area contributed by atoms with Crippen LogP contribution in [0.2, 0.25) is 0 Å². The lowest BCUT2D eigenvalue weighted by Gasteiger charge is -2.36. The predicted molar refractivity (Wildman–Crippen MR) is 90.7 cm³/mol. The van der Waals surface area contributed by atoms with E-state index in [-0.39, 0.29) is 17.9 Å². The molecule has 1 unspecified atom stereocenters. The number of amides is 1. The van der Waals surface area contributed by atoms with E-state index < -0.39 is 5.60 Å². The summed E-state index contributed by atoms with van der Waals surface area (Å²) >= 11 is 0. The molecular weight excluding hydrogens is 290 g/mol. The third-order valence-corrected chi connectivity index (χ3v) is 4.05. The molecule has 4 heteroatoms. The number of piperidine rings is 1. The summed E-state index contributed by atoms with van der Waals surface area (Å²) < 4.78 is 5.49. The number of hydrogen-bond donors (Lipinski definition) is 0. The maximum atomic E-state index is 12.5. The van der Waals surface area contributed by atoms with Crippen LogP contribution in [-0.4, -0.2) is 35.0 Å². The molecule has 0 spiro atoms. The van der Waals surface area contributed by atoms with E-state index in [0.717, 1.165) is 24.8 Å². The van der Waals surface area contributed by atoms with Crippen LogP contribution in [0.4, 0.5) is 4.79 Å². The van der Waals surface area contributed by atoms with Crippen LogP contribution in [0, 0.1) is 6.92 Å². The molecule has 126 valence electrons. The van der Waals surface area contributed by atoms with Gasteiger partial charge in [0.25, 0.3) is 0 Å². The van der Waals surface area contributed by atoms with Gasteiger partial charge >= 0.3 is 6.09 Å². The number of ether oxygens (including phenoxy) is 1. The smallest absolute Gasteiger partial charge is 0.410 e. The van der Waals surface area contributed by atoms with E-state index in [9.17, 15) is 9.59 Å². The average molecular weight is 317 g/mol. The summed E-state index contributed by atoms with van der Waals surface area (Å²) in [4.78, 5) is 26.6. The molecule has 1 fully saturated rings. The number of likely N-dealkylation sites (tertiary alicyclic amines) is 1. The molecule has 1 aromatic carbocycles. The van der Waals surface area contributed by atoms with Crippen molar-refractivity contribution in [2.24, 2.45) is 0 Å². The van der Waals surface area contributed by atoms with E-state index in [2.05, 4.69) is 0 Å². The highest BCUT2D eigenvalue weighted by atomic mass is 16.6. The third-order valence-electron chi connectivity index (χ3n) is 4.05. The largest absolute Gasteiger partial charge is 0.444 e. The highest BCUT2D eigenvalue weighted by Crippen LogP contribution is 2.24. The van der Waals surface area contributed by atoms with Crippen LogP contribution >= 0.6 is 0 Å². The Labute approximate surface area is 138 Å². The normalized spacial score (nSPS) is 18.6. The summed E-state index contributed by atoms with van der Waals surface area (Å²) in [6, 6.07) is 7.54. The number of Topliss-reactive ketones (excluding diaryl/α,β-unsaturated/α-hetero) is 1. The van der Waals surface area contributed by atoms with Crippen LogP contribution in [0.25, 0.3) is 0 Å². The van der Waals surface area contributed by atoms with Crippen LogP contribution in [0.3, 0.4) is 0 Å². The zero-order chi connectivity index (χ0) is 17.0. The van der Waals surface area contributed by atoms with Crippen LogP contribution in [-0.2, 0) is 4.74 Å². The van der Waals surface area contributed by atoms with Gasteiger partial charge in [0.1, 0.15) is 5.60 Å². The second-order valence-corrected chi connectivity index (χ2v) is 7.32. The molecule has 0 saturated carbocycles. The maximum Gasteiger partial charge on any atom is 0.410 e. The van der Waals surface area contributed by atoms with E-state index in [0.29, 0.717) is 18.5 Å². The van der Waals surface area contributed by atoms with E-state index >= 15 is 0 Å². The van der Waals surface area contributed by atoms with E-state index in [1.165, 1.54) is 0 Å². The van der Waals surface area contributed by atoms with Gasteiger partial charge in [-0.3, -0.25) is 4.79 Å². The lowest BCUT2D eigenvalue weighted by Crippen LogP contribution is -2.46. The number of carbonyl (C=O) groups is 2. The summed E-state index contributed by atoms with van der Waals surface area (Å²) in [5.74, 6) is 0.0884. The van der Waals surface area contributed by atoms with Crippen molar-refractivity contribution in [3.8, 4) is 0 Å². The summed E-state index contributed by atoms with van der Waals surface area (Å²) in [5.41, 5.74) is 1.33. The molecule has 1 amide bonds. The molecule has 0 bridgehead atoms. The summed E-state index contributed by atoms with van der Waals surface area (Å²) in [6.07, 6.45) is 2.93. The minimum atomic E-state index is -0.514. The topological polar surface area (TPSA) is 46.6 Å². The summed E-state index contributed by atoms with van der Waals surface area (Å²) in [6.45, 7) is 8.25. The minimum Gasteiger partial charge on any atom is -0.444 e. The lowest BCUT2D eigenvalue weighted by molar-refractivity contribution is 0.00946. The first-order valence-corrected chi connectivity index (χ1v) is 8.36. The fourth-order valence-corrected chi connectivity index (χ4v) is 2.85. The van der Waals surface area contributed by atoms with Gasteiger partial charge in [0, 0.05) is 24.6 Å². The van der Waals surface area contributed by atoms with Crippen molar-refractivity contribution >= 4 is 11.9 Å². The van der Waals surface area contributed by atoms with Crippen molar-refractivity contribution in [1.82, 2.24) is 4.90 Å². The number of hydrogen-bond acceptors (Lipinski definition) is 3. The highest BCUT2D eigenvalue weighted by Gasteiger charge is 2.31. The molecule has 0 aliphatic carbocycles. The SMILES string of the molecule is Cc1ccc(C(=O)CC2CCCCN2C(=O)OC(C)(C)C)cc1. The quantitative estimate of drug-likeness (QED) is 0.778. The molecule has 1 aromatic rings. The van der Waals surface area contributed by atoms with E-state index in [1.807, 2.05) is 52.0 Å². The van der Waals surface area contributed by atoms with Gasteiger partial charge in [0.2, 0.25) is 0 Å². The Kier molecular flexibility index (Phi) is 5.45. The van der Waals surface area contributed by atoms with Gasteiger partial charge in [-0.2, -0.15) is 0 Å². The van der Waals surface area contributed by atoms with Crippen molar-refractivity contribution in [1.29, 1.82) is 0 Å². The van der Waals surface area contributed by atoms with Gasteiger partial charge in [0.15, 0.2) is 5.78 Å². The number of benzene rings is 1. The third kappa shape index (κ3) is 5.08. The Balaban J connectivity index is 2.04. The molecule has 1 saturated heterocycles. The Bertz CT molecular complexity index is 557. The predicted octanol–water partition coefficient (Wildman–Crippen LogP) is 4.36. The maximum absolute atomic E-state index is 12.5. The van der Waals surface area contributed by atoms with Crippen LogP contribution in [0.5, 0.6) is 0 Å². The molecular formula is C19H27NO3. The molecule has 23 heavy (non-hydrogen) atoms. The Morgan fingerprint density at radius 3 is 2.43 bits per heavy atom. The average Bonchev–Trinajstić information content (AvgIpc) is 2.46. The van der Waals surface area contributed by atoms with Crippen molar-refractivity contribution in [2.75, 3.05) is 6.54 Å². The number of nitrogens with zero attached hydrogens (tertiary/aromatic N) is 1. The Morgan fingerprint density at radius 1 is 1.17 bits per heavy atom. The number of aryl methyl sites for hydroxylation is 1. The van der Waals surface area contributed by atoms with Crippen LogP contribution in [0.15, 0.2) is 24.3 Å². The molecule has 0 N–H and O–H groups in total. The molecule has 0 radical (unpaired) electrons. The Hall–Kier alpha value is -1.84. The van der Waals surface area contributed by atoms with Gasteiger partial charge in [0.05, 0.1) is 0 Å². The second kappa shape index (κ2) is 7.16. The second-order valence-electron chi connectivity index (χ2n) is 7.32. The van der Waals surface area contributed by atoms with Crippen molar-refractivity contribution < 1.29 is 14.3 Å². The number of ketones is 1. The lowest BCUT2D eigenvalue weighted by atomic mass is 9.95. The molecule has 1 atom stereocenters. The number of rotatable bonds is 3. The van der Waals surface area contributed by atoms with Gasteiger partial charge < -0.3 is 9.64 Å². The number of carbonyl (C=O) groups excluding carboxylic acids is 2. The van der Waals surface area contributed by atoms with E-state index in [1.54, 1.807) is 4.90 Å². The molecule has 0 aromatic heterocycles. The molecule has 1 aliphatic heterocycles. The highest BCUT2D eigenvalue weighted by molar-refractivity contribution is 5.96. The van der Waals surface area contributed by atoms with Crippen LogP contribution < -0.4 is 0 Å². The zero-order valence-corrected chi connectivity index (χ0v) is 14.6. The fraction of sp³-hybridized carbons (Fsp3) is 0.579. The molecule has 1 aliphatic rings. The standard InChI is InChI=1S/C19H27NO3/c1-14-8-10-15(11-9-14)17(21)13-16-7-5-6-12-20(16)18(22)23-19(2,3)4/h8-11,16H,5-7,12-13H2,1-4H3. The van der Waals surface area contributed by atoms with Crippen molar-refractivity contribution in [3.05, 3.63) is 35.4 Å². The first-order chi connectivity index (χ1) is 10.8. The van der Waals surface area contributed by atoms with Crippen LogP contribution in [0.1, 0.15) is 62.4 Å². The van der Waals surface area contributed by atoms with Gasteiger partial charge in [-0.1, -0.05) is 29.8 Å². The van der Waals surface area contributed by atoms with Gasteiger partial charge in [-0.05, 0) is 47.0 Å². The van der Waals surface area contributed by atoms with Crippen molar-refractivity contribution in [2.45, 2.75) is 65.0 Å². The first-order valence-electron chi connectivity index (χ1n) is 8.36. The van der Waals surface area contributed by atoms with E-state index in [4.69, 9.17) is 4.74 Å². The summed E-state index contributed by atoms with van der Waals surface area (Å²) in [7, 11) is 0. The molecule has 2 rings (SSSR count). The monoisotopic (exact) mass is 317 g/mol. The molecule has 1 heterocycles. The van der Waals surface area contributed by atoms with Gasteiger partial charge in [-0.25, -0.2) is 4.79 Å². The zero-order valence-electron chi connectivity index (χ0n) is 14.6.